The van der Waals surface area contributed by atoms with Crippen molar-refractivity contribution >= 4 is 28.4 Å². The molecule has 0 saturated heterocycles. The summed E-state index contributed by atoms with van der Waals surface area (Å²) in [6.45, 7) is 0. The quantitative estimate of drug-likeness (QED) is 0.171. The maximum atomic E-state index is 6.59. The molecule has 56 heavy (non-hydrogen) atoms. The monoisotopic (exact) mass is 718 g/mol. The van der Waals surface area contributed by atoms with Gasteiger partial charge in [-0.15, -0.1) is 0 Å². The fraction of sp³-hybridized carbons (Fsp3) is 0.0392. The van der Waals surface area contributed by atoms with Crippen LogP contribution in [-0.2, 0) is 0 Å². The first-order valence-electron chi connectivity index (χ1n) is 19.0. The number of hydrogen-bond donors (Lipinski definition) is 0. The Morgan fingerprint density at radius 3 is 1.66 bits per heavy atom. The highest BCUT2D eigenvalue weighted by Gasteiger charge is 2.43. The minimum absolute atomic E-state index is 0.0617. The van der Waals surface area contributed by atoms with E-state index in [1.54, 1.807) is 0 Å². The average Bonchev–Trinajstić information content (AvgIpc) is 3.82. The number of benzene rings is 7. The Morgan fingerprint density at radius 2 is 0.982 bits per heavy atom. The van der Waals surface area contributed by atoms with Crippen LogP contribution in [0, 0.1) is 0 Å². The number of nitrogens with zero attached hydrogens (tertiary/aromatic N) is 4. The molecule has 0 bridgehead atoms. The summed E-state index contributed by atoms with van der Waals surface area (Å²) in [4.78, 5) is 17.5. The van der Waals surface area contributed by atoms with Gasteiger partial charge in [0, 0.05) is 44.9 Å². The van der Waals surface area contributed by atoms with E-state index < -0.39 is 0 Å². The van der Waals surface area contributed by atoms with Gasteiger partial charge >= 0.3 is 0 Å². The fourth-order valence-electron chi connectivity index (χ4n) is 8.46. The molecule has 2 aromatic heterocycles. The number of anilines is 2. The molecule has 0 saturated carbocycles. The Balaban J connectivity index is 0.997. The van der Waals surface area contributed by atoms with Gasteiger partial charge in [0.15, 0.2) is 17.5 Å². The molecule has 11 rings (SSSR count). The first kappa shape index (κ1) is 32.1. The molecule has 0 fully saturated rings. The highest BCUT2D eigenvalue weighted by Crippen LogP contribution is 2.54. The summed E-state index contributed by atoms with van der Waals surface area (Å²) >= 11 is 0. The number of hydrogen-bond acceptors (Lipinski definition) is 5. The Kier molecular flexibility index (Phi) is 7.56. The van der Waals surface area contributed by atoms with Crippen molar-refractivity contribution in [1.29, 1.82) is 0 Å². The summed E-state index contributed by atoms with van der Waals surface area (Å²) < 4.78 is 6.59. The summed E-state index contributed by atoms with van der Waals surface area (Å²) in [5.41, 5.74) is 13.3. The molecule has 5 nitrogen and oxygen atoms in total. The van der Waals surface area contributed by atoms with E-state index in [0.717, 1.165) is 39.1 Å². The smallest absolute Gasteiger partial charge is 0.164 e. The van der Waals surface area contributed by atoms with Crippen molar-refractivity contribution in [2.24, 2.45) is 0 Å². The lowest BCUT2D eigenvalue weighted by Gasteiger charge is -2.30. The lowest BCUT2D eigenvalue weighted by Crippen LogP contribution is -2.30. The van der Waals surface area contributed by atoms with E-state index in [2.05, 4.69) is 138 Å². The zero-order valence-corrected chi connectivity index (χ0v) is 30.3. The molecule has 264 valence electrons. The van der Waals surface area contributed by atoms with E-state index in [0.29, 0.717) is 17.5 Å². The summed E-state index contributed by atoms with van der Waals surface area (Å²) in [7, 11) is 0. The van der Waals surface area contributed by atoms with Gasteiger partial charge in [0.1, 0.15) is 11.3 Å². The Morgan fingerprint density at radius 1 is 0.446 bits per heavy atom. The van der Waals surface area contributed by atoms with Crippen LogP contribution in [0.25, 0.3) is 73.5 Å². The van der Waals surface area contributed by atoms with Crippen molar-refractivity contribution in [3.8, 4) is 56.4 Å². The molecule has 0 N–H and O–H groups in total. The van der Waals surface area contributed by atoms with Crippen LogP contribution >= 0.6 is 0 Å². The standard InChI is InChI=1S/C51H34N4O/c1-4-13-33(14-5-1)34-23-25-35(26-24-34)38-19-12-20-40(31-38)55-43-22-11-10-21-41(43)47-44(55)28-30-46-48(47)42-32-39(27-29-45(42)56-46)51-53-49(36-15-6-2-7-16-36)52-50(54-51)37-17-8-3-9-18-37/h1-32,44,47H. The van der Waals surface area contributed by atoms with Crippen LogP contribution in [0.4, 0.5) is 11.4 Å². The molecule has 3 heterocycles. The van der Waals surface area contributed by atoms with Crippen LogP contribution in [0.2, 0.25) is 0 Å². The van der Waals surface area contributed by atoms with Crippen LogP contribution < -0.4 is 4.90 Å². The molecule has 5 heteroatoms. The van der Waals surface area contributed by atoms with E-state index in [1.165, 1.54) is 39.1 Å². The Labute approximate surface area is 324 Å². The van der Waals surface area contributed by atoms with Crippen LogP contribution in [0.15, 0.2) is 192 Å². The SMILES string of the molecule is C1=CC2C(c3ccccc3N2c2cccc(-c3ccc(-c4ccccc4)cc3)c2)c2c1oc1ccc(-c3nc(-c4ccccc4)nc(-c4ccccc4)n3)cc21. The van der Waals surface area contributed by atoms with E-state index >= 15 is 0 Å². The molecular formula is C51H34N4O. The summed E-state index contributed by atoms with van der Waals surface area (Å²) in [6.07, 6.45) is 4.47. The normalized spacial score (nSPS) is 15.4. The molecule has 1 aliphatic heterocycles. The number of furan rings is 1. The molecule has 0 spiro atoms. The summed E-state index contributed by atoms with van der Waals surface area (Å²) in [5, 5.41) is 1.07. The van der Waals surface area contributed by atoms with E-state index in [9.17, 15) is 0 Å². The molecule has 2 aliphatic rings. The van der Waals surface area contributed by atoms with Crippen molar-refractivity contribution in [2.75, 3.05) is 4.90 Å². The lowest BCUT2D eigenvalue weighted by molar-refractivity contribution is 0.584. The number of para-hydroxylation sites is 1. The van der Waals surface area contributed by atoms with Crippen molar-refractivity contribution in [3.63, 3.8) is 0 Å². The Hall–Kier alpha value is -7.37. The highest BCUT2D eigenvalue weighted by atomic mass is 16.3. The van der Waals surface area contributed by atoms with E-state index in [-0.39, 0.29) is 12.0 Å². The first-order valence-corrected chi connectivity index (χ1v) is 19.0. The molecule has 7 aromatic carbocycles. The lowest BCUT2D eigenvalue weighted by atomic mass is 9.82. The Bertz CT molecular complexity index is 2860. The summed E-state index contributed by atoms with van der Waals surface area (Å²) in [6, 6.07) is 63.7. The van der Waals surface area contributed by atoms with Crippen LogP contribution in [0.5, 0.6) is 0 Å². The van der Waals surface area contributed by atoms with Gasteiger partial charge in [-0.1, -0.05) is 152 Å². The zero-order valence-electron chi connectivity index (χ0n) is 30.3. The molecule has 2 atom stereocenters. The topological polar surface area (TPSA) is 55.1 Å². The first-order chi connectivity index (χ1) is 27.7. The second-order valence-electron chi connectivity index (χ2n) is 14.4. The minimum atomic E-state index is 0.0617. The van der Waals surface area contributed by atoms with Crippen molar-refractivity contribution in [2.45, 2.75) is 12.0 Å². The molecule has 1 aliphatic carbocycles. The highest BCUT2D eigenvalue weighted by molar-refractivity contribution is 5.93. The average molecular weight is 719 g/mol. The number of rotatable bonds is 6. The maximum Gasteiger partial charge on any atom is 0.164 e. The largest absolute Gasteiger partial charge is 0.456 e. The van der Waals surface area contributed by atoms with Crippen molar-refractivity contribution in [3.05, 3.63) is 205 Å². The third kappa shape index (κ3) is 5.44. The van der Waals surface area contributed by atoms with E-state index in [1.807, 2.05) is 60.7 Å². The number of aromatic nitrogens is 3. The predicted octanol–water partition coefficient (Wildman–Crippen LogP) is 12.6. The van der Waals surface area contributed by atoms with Gasteiger partial charge in [-0.2, -0.15) is 0 Å². The van der Waals surface area contributed by atoms with Gasteiger partial charge < -0.3 is 9.32 Å². The van der Waals surface area contributed by atoms with E-state index in [4.69, 9.17) is 19.4 Å². The van der Waals surface area contributed by atoms with Crippen LogP contribution in [-0.4, -0.2) is 21.0 Å². The van der Waals surface area contributed by atoms with Crippen LogP contribution in [0.3, 0.4) is 0 Å². The van der Waals surface area contributed by atoms with Crippen molar-refractivity contribution < 1.29 is 4.42 Å². The van der Waals surface area contributed by atoms with Gasteiger partial charge in [-0.3, -0.25) is 0 Å². The van der Waals surface area contributed by atoms with Crippen LogP contribution in [0.1, 0.15) is 22.8 Å². The third-order valence-electron chi connectivity index (χ3n) is 11.1. The molecule has 9 aromatic rings. The molecule has 0 amide bonds. The van der Waals surface area contributed by atoms with Gasteiger partial charge in [-0.05, 0) is 70.3 Å². The fourth-order valence-corrected chi connectivity index (χ4v) is 8.46. The minimum Gasteiger partial charge on any atom is -0.456 e. The third-order valence-corrected chi connectivity index (χ3v) is 11.1. The molecule has 0 radical (unpaired) electrons. The van der Waals surface area contributed by atoms with Gasteiger partial charge in [0.25, 0.3) is 0 Å². The zero-order chi connectivity index (χ0) is 37.0. The second-order valence-corrected chi connectivity index (χ2v) is 14.4. The molecular weight excluding hydrogens is 685 g/mol. The van der Waals surface area contributed by atoms with Gasteiger partial charge in [-0.25, -0.2) is 15.0 Å². The number of fused-ring (bicyclic) bond motifs is 7. The second kappa shape index (κ2) is 13.2. The van der Waals surface area contributed by atoms with Gasteiger partial charge in [0.05, 0.1) is 6.04 Å². The van der Waals surface area contributed by atoms with Gasteiger partial charge in [0.2, 0.25) is 0 Å². The maximum absolute atomic E-state index is 6.59. The van der Waals surface area contributed by atoms with Crippen molar-refractivity contribution in [1.82, 2.24) is 15.0 Å². The summed E-state index contributed by atoms with van der Waals surface area (Å²) in [5.74, 6) is 2.87. The molecule has 2 unspecified atom stereocenters. The predicted molar refractivity (Wildman–Crippen MR) is 226 cm³/mol.